The van der Waals surface area contributed by atoms with Crippen LogP contribution in [0.2, 0.25) is 6.32 Å². The second-order valence-electron chi connectivity index (χ2n) is 10.5. The summed E-state index contributed by atoms with van der Waals surface area (Å²) in [7, 11) is 0.551. The number of allylic oxidation sites excluding steroid dienone is 1. The van der Waals surface area contributed by atoms with E-state index < -0.39 is 30.9 Å². The van der Waals surface area contributed by atoms with E-state index in [2.05, 4.69) is 0 Å². The monoisotopic (exact) mass is 533 g/mol. The molecule has 5 rings (SSSR count). The standard InChI is InChI=1S/C30H33BFNO6/c1-3-18(13-19-9-11-25(34)24(32)14-19)10-12-26-27-20(17-38-2)15-22-28(23(27)16-31(37)39-26)30(36)33(29(22)35)21-7-5-4-6-8-21/h4-9,11,13-14,22-23,26,28,34,37H,3,10,12,15-17H2,1-2H3/b18-13+/t22-,23+,26-,28-/m1/s1. The lowest BCUT2D eigenvalue weighted by molar-refractivity contribution is -0.122. The number of imide groups is 1. The number of fused-ring (bicyclic) bond motifs is 3. The zero-order valence-corrected chi connectivity index (χ0v) is 22.2. The summed E-state index contributed by atoms with van der Waals surface area (Å²) in [5.41, 5.74) is 4.19. The zero-order valence-electron chi connectivity index (χ0n) is 22.2. The number of hydrogen-bond acceptors (Lipinski definition) is 6. The van der Waals surface area contributed by atoms with Gasteiger partial charge < -0.3 is 19.5 Å². The highest BCUT2D eigenvalue weighted by atomic mass is 19.1. The molecule has 2 saturated heterocycles. The lowest BCUT2D eigenvalue weighted by Crippen LogP contribution is -2.46. The summed E-state index contributed by atoms with van der Waals surface area (Å²) in [6, 6.07) is 13.3. The van der Waals surface area contributed by atoms with Crippen LogP contribution in [0.1, 0.15) is 38.2 Å². The molecule has 4 atom stereocenters. The maximum atomic E-state index is 13.9. The Morgan fingerprint density at radius 3 is 2.64 bits per heavy atom. The van der Waals surface area contributed by atoms with Crippen molar-refractivity contribution >= 4 is 30.7 Å². The second-order valence-corrected chi connectivity index (χ2v) is 10.5. The van der Waals surface area contributed by atoms with Gasteiger partial charge >= 0.3 is 7.12 Å². The minimum Gasteiger partial charge on any atom is -0.505 e. The van der Waals surface area contributed by atoms with Crippen LogP contribution in [-0.2, 0) is 19.0 Å². The van der Waals surface area contributed by atoms with Crippen LogP contribution in [0.15, 0.2) is 65.3 Å². The topological polar surface area (TPSA) is 96.3 Å². The van der Waals surface area contributed by atoms with Gasteiger partial charge in [0.05, 0.1) is 30.2 Å². The number of amides is 2. The third kappa shape index (κ3) is 5.31. The third-order valence-electron chi connectivity index (χ3n) is 8.17. The zero-order chi connectivity index (χ0) is 27.7. The van der Waals surface area contributed by atoms with Crippen LogP contribution >= 0.6 is 0 Å². The van der Waals surface area contributed by atoms with Gasteiger partial charge in [0.25, 0.3) is 0 Å². The van der Waals surface area contributed by atoms with E-state index in [0.717, 1.165) is 23.1 Å². The molecule has 0 bridgehead atoms. The predicted octanol–water partition coefficient (Wildman–Crippen LogP) is 4.75. The Balaban J connectivity index is 1.43. The highest BCUT2D eigenvalue weighted by molar-refractivity contribution is 6.43. The van der Waals surface area contributed by atoms with Gasteiger partial charge in [-0.05, 0) is 78.9 Å². The van der Waals surface area contributed by atoms with E-state index in [4.69, 9.17) is 9.39 Å². The SMILES string of the molecule is CC/C(=C\c1ccc(O)c(F)c1)CC[C@H]1OB(O)C[C@H]2C1=C(COC)C[C@H]1C(=O)N(c3ccccc3)C(=O)[C@H]12. The Bertz CT molecular complexity index is 1310. The van der Waals surface area contributed by atoms with E-state index in [1.165, 1.54) is 17.0 Å². The molecule has 2 aromatic rings. The highest BCUT2D eigenvalue weighted by Gasteiger charge is 2.57. The maximum Gasteiger partial charge on any atom is 0.455 e. The van der Waals surface area contributed by atoms with Gasteiger partial charge in [-0.3, -0.25) is 14.5 Å². The van der Waals surface area contributed by atoms with Gasteiger partial charge in [-0.2, -0.15) is 0 Å². The number of phenols is 1. The van der Waals surface area contributed by atoms with E-state index >= 15 is 0 Å². The van der Waals surface area contributed by atoms with Crippen molar-refractivity contribution in [1.29, 1.82) is 0 Å². The van der Waals surface area contributed by atoms with Gasteiger partial charge in [-0.1, -0.05) is 42.8 Å². The van der Waals surface area contributed by atoms with E-state index in [9.17, 15) is 24.1 Å². The minimum absolute atomic E-state index is 0.210. The average molecular weight is 533 g/mol. The van der Waals surface area contributed by atoms with E-state index in [-0.39, 0.29) is 29.8 Å². The van der Waals surface area contributed by atoms with Crippen molar-refractivity contribution in [2.24, 2.45) is 17.8 Å². The number of rotatable bonds is 8. The molecule has 0 spiro atoms. The van der Waals surface area contributed by atoms with Gasteiger partial charge in [0.15, 0.2) is 11.6 Å². The number of nitrogens with zero attached hydrogens (tertiary/aromatic N) is 1. The van der Waals surface area contributed by atoms with Gasteiger partial charge in [-0.15, -0.1) is 0 Å². The summed E-state index contributed by atoms with van der Waals surface area (Å²) in [6.45, 7) is 2.34. The van der Waals surface area contributed by atoms with Crippen LogP contribution in [-0.4, -0.2) is 48.9 Å². The van der Waals surface area contributed by atoms with Crippen molar-refractivity contribution in [1.82, 2.24) is 0 Å². The fourth-order valence-corrected chi connectivity index (χ4v) is 6.42. The van der Waals surface area contributed by atoms with Crippen LogP contribution in [0, 0.1) is 23.6 Å². The van der Waals surface area contributed by atoms with Crippen LogP contribution in [0.4, 0.5) is 10.1 Å². The normalized spacial score (nSPS) is 25.3. The minimum atomic E-state index is -1.06. The number of para-hydroxylation sites is 1. The maximum absolute atomic E-state index is 13.9. The first-order chi connectivity index (χ1) is 18.8. The fraction of sp³-hybridized carbons (Fsp3) is 0.400. The summed E-state index contributed by atoms with van der Waals surface area (Å²) >= 11 is 0. The molecule has 9 heteroatoms. The van der Waals surface area contributed by atoms with Crippen molar-refractivity contribution in [3.63, 3.8) is 0 Å². The van der Waals surface area contributed by atoms with Crippen LogP contribution in [0.3, 0.4) is 0 Å². The van der Waals surface area contributed by atoms with E-state index in [0.29, 0.717) is 37.1 Å². The number of benzene rings is 2. The molecule has 0 unspecified atom stereocenters. The van der Waals surface area contributed by atoms with Crippen LogP contribution in [0.5, 0.6) is 5.75 Å². The largest absolute Gasteiger partial charge is 0.505 e. The second kappa shape index (κ2) is 11.5. The van der Waals surface area contributed by atoms with Crippen molar-refractivity contribution in [2.45, 2.75) is 45.0 Å². The first-order valence-electron chi connectivity index (χ1n) is 13.5. The van der Waals surface area contributed by atoms with E-state index in [1.54, 1.807) is 37.4 Å². The number of hydrogen-bond donors (Lipinski definition) is 2. The Kier molecular flexibility index (Phi) is 8.02. The Hall–Kier alpha value is -3.27. The molecule has 3 aliphatic rings. The molecule has 2 N–H and O–H groups in total. The first kappa shape index (κ1) is 27.3. The van der Waals surface area contributed by atoms with E-state index in [1.807, 2.05) is 19.1 Å². The molecule has 2 amide bonds. The Morgan fingerprint density at radius 1 is 1.18 bits per heavy atom. The number of carbonyl (C=O) groups is 2. The third-order valence-corrected chi connectivity index (χ3v) is 8.17. The number of carbonyl (C=O) groups excluding carboxylic acids is 2. The molecule has 7 nitrogen and oxygen atoms in total. The Labute approximate surface area is 228 Å². The smallest absolute Gasteiger partial charge is 0.455 e. The molecule has 2 fully saturated rings. The number of methoxy groups -OCH3 is 1. The number of phenolic OH excluding ortho intramolecular Hbond substituents is 1. The lowest BCUT2D eigenvalue weighted by atomic mass is 9.58. The molecular weight excluding hydrogens is 500 g/mol. The molecule has 0 radical (unpaired) electrons. The van der Waals surface area contributed by atoms with Crippen molar-refractivity contribution in [3.05, 3.63) is 76.6 Å². The number of ether oxygens (including phenoxy) is 1. The van der Waals surface area contributed by atoms with Crippen LogP contribution < -0.4 is 4.90 Å². The molecule has 2 aromatic carbocycles. The molecule has 2 heterocycles. The fourth-order valence-electron chi connectivity index (χ4n) is 6.42. The molecule has 204 valence electrons. The van der Waals surface area contributed by atoms with Gasteiger partial charge in [0.2, 0.25) is 11.8 Å². The van der Waals surface area contributed by atoms with Crippen molar-refractivity contribution in [2.75, 3.05) is 18.6 Å². The van der Waals surface area contributed by atoms with Crippen molar-refractivity contribution < 1.29 is 33.5 Å². The first-order valence-corrected chi connectivity index (χ1v) is 13.5. The summed E-state index contributed by atoms with van der Waals surface area (Å²) in [6.07, 6.45) is 4.03. The summed E-state index contributed by atoms with van der Waals surface area (Å²) in [5, 5.41) is 20.2. The molecule has 0 saturated carbocycles. The van der Waals surface area contributed by atoms with Crippen LogP contribution in [0.25, 0.3) is 6.08 Å². The average Bonchev–Trinajstić information content (AvgIpc) is 3.18. The quantitative estimate of drug-likeness (QED) is 0.289. The molecule has 2 aliphatic heterocycles. The van der Waals surface area contributed by atoms with Gasteiger partial charge in [0, 0.05) is 7.11 Å². The summed E-state index contributed by atoms with van der Waals surface area (Å²) in [5.74, 6) is -2.89. The van der Waals surface area contributed by atoms with Gasteiger partial charge in [-0.25, -0.2) is 4.39 Å². The number of aromatic hydroxyl groups is 1. The Morgan fingerprint density at radius 2 is 1.95 bits per heavy atom. The lowest BCUT2D eigenvalue weighted by Gasteiger charge is -2.43. The summed E-state index contributed by atoms with van der Waals surface area (Å²) < 4.78 is 25.4. The predicted molar refractivity (Wildman–Crippen MR) is 146 cm³/mol. The number of halogens is 1. The summed E-state index contributed by atoms with van der Waals surface area (Å²) in [4.78, 5) is 28.5. The highest BCUT2D eigenvalue weighted by Crippen LogP contribution is 2.51. The molecule has 0 aromatic heterocycles. The van der Waals surface area contributed by atoms with Crippen molar-refractivity contribution in [3.8, 4) is 5.75 Å². The number of anilines is 1. The van der Waals surface area contributed by atoms with Gasteiger partial charge in [0.1, 0.15) is 0 Å². The molecular formula is C30H33BFNO6. The molecule has 39 heavy (non-hydrogen) atoms. The molecule has 1 aliphatic carbocycles.